The Morgan fingerprint density at radius 2 is 1.77 bits per heavy atom. The second-order valence-corrected chi connectivity index (χ2v) is 6.14. The van der Waals surface area contributed by atoms with E-state index in [-0.39, 0.29) is 0 Å². The minimum Gasteiger partial charge on any atom is -0.304 e. The highest BCUT2D eigenvalue weighted by atomic mass is 15.2. The van der Waals surface area contributed by atoms with Crippen molar-refractivity contribution >= 4 is 0 Å². The molecular weight excluding hydrogens is 270 g/mol. The molecule has 0 spiro atoms. The van der Waals surface area contributed by atoms with Crippen LogP contribution in [-0.4, -0.2) is 48.0 Å². The van der Waals surface area contributed by atoms with E-state index in [1.54, 1.807) is 0 Å². The van der Waals surface area contributed by atoms with Crippen LogP contribution in [0.1, 0.15) is 18.1 Å². The largest absolute Gasteiger partial charge is 0.304 e. The molecule has 1 aromatic carbocycles. The molecule has 0 atom stereocenters. The van der Waals surface area contributed by atoms with E-state index < -0.39 is 0 Å². The number of nitrogens with zero attached hydrogens (tertiary/aromatic N) is 3. The molecular formula is C19H25N3. The van der Waals surface area contributed by atoms with Crippen molar-refractivity contribution in [2.24, 2.45) is 0 Å². The number of pyridine rings is 1. The van der Waals surface area contributed by atoms with Gasteiger partial charge in [0.2, 0.25) is 0 Å². The van der Waals surface area contributed by atoms with E-state index in [0.717, 1.165) is 44.8 Å². The van der Waals surface area contributed by atoms with Crippen LogP contribution in [0.5, 0.6) is 0 Å². The van der Waals surface area contributed by atoms with E-state index in [4.69, 9.17) is 4.98 Å². The Morgan fingerprint density at radius 3 is 2.45 bits per heavy atom. The molecule has 1 fully saturated rings. The number of piperazine rings is 1. The Hall–Kier alpha value is -1.71. The topological polar surface area (TPSA) is 19.4 Å². The van der Waals surface area contributed by atoms with Gasteiger partial charge in [0.15, 0.2) is 0 Å². The Morgan fingerprint density at radius 1 is 1.00 bits per heavy atom. The molecule has 3 rings (SSSR count). The third kappa shape index (κ3) is 3.54. The maximum Gasteiger partial charge on any atom is 0.0704 e. The first-order valence-corrected chi connectivity index (χ1v) is 8.20. The maximum absolute atomic E-state index is 4.70. The van der Waals surface area contributed by atoms with E-state index in [9.17, 15) is 0 Å². The molecule has 2 aromatic rings. The van der Waals surface area contributed by atoms with Crippen molar-refractivity contribution in [3.05, 3.63) is 53.7 Å². The molecule has 0 radical (unpaired) electrons. The van der Waals surface area contributed by atoms with Gasteiger partial charge in [0.25, 0.3) is 0 Å². The fraction of sp³-hybridized carbons (Fsp3) is 0.421. The van der Waals surface area contributed by atoms with Gasteiger partial charge in [-0.25, -0.2) is 0 Å². The minimum atomic E-state index is 1.01. The summed E-state index contributed by atoms with van der Waals surface area (Å²) in [6.45, 7) is 7.83. The Balaban J connectivity index is 1.70. The van der Waals surface area contributed by atoms with Crippen LogP contribution in [0.25, 0.3) is 11.3 Å². The highest BCUT2D eigenvalue weighted by Gasteiger charge is 2.14. The molecule has 0 bridgehead atoms. The van der Waals surface area contributed by atoms with Crippen LogP contribution in [0.2, 0.25) is 0 Å². The minimum absolute atomic E-state index is 1.01. The third-order valence-electron chi connectivity index (χ3n) is 4.50. The normalized spacial score (nSPS) is 16.8. The van der Waals surface area contributed by atoms with Crippen LogP contribution >= 0.6 is 0 Å². The highest BCUT2D eigenvalue weighted by molar-refractivity contribution is 5.63. The van der Waals surface area contributed by atoms with Crippen LogP contribution < -0.4 is 0 Å². The van der Waals surface area contributed by atoms with Gasteiger partial charge in [-0.1, -0.05) is 37.3 Å². The zero-order valence-corrected chi connectivity index (χ0v) is 13.6. The van der Waals surface area contributed by atoms with Crippen molar-refractivity contribution in [1.29, 1.82) is 0 Å². The number of aryl methyl sites for hydroxylation is 1. The Bertz CT molecular complexity index is 598. The molecule has 116 valence electrons. The van der Waals surface area contributed by atoms with Crippen molar-refractivity contribution in [2.45, 2.75) is 19.9 Å². The average Bonchev–Trinajstić information content (AvgIpc) is 2.58. The Labute approximate surface area is 133 Å². The summed E-state index contributed by atoms with van der Waals surface area (Å²) in [6.07, 6.45) is 3.08. The molecule has 1 aromatic heterocycles. The smallest absolute Gasteiger partial charge is 0.0704 e. The number of aromatic nitrogens is 1. The van der Waals surface area contributed by atoms with Gasteiger partial charge in [0.1, 0.15) is 0 Å². The van der Waals surface area contributed by atoms with Crippen LogP contribution in [0.4, 0.5) is 0 Å². The van der Waals surface area contributed by atoms with E-state index in [1.807, 2.05) is 6.20 Å². The molecule has 1 saturated heterocycles. The molecule has 22 heavy (non-hydrogen) atoms. The first-order valence-electron chi connectivity index (χ1n) is 8.20. The summed E-state index contributed by atoms with van der Waals surface area (Å²) in [7, 11) is 2.19. The lowest BCUT2D eigenvalue weighted by Crippen LogP contribution is -2.43. The molecule has 0 unspecified atom stereocenters. The van der Waals surface area contributed by atoms with E-state index >= 15 is 0 Å². The molecule has 0 N–H and O–H groups in total. The van der Waals surface area contributed by atoms with E-state index in [1.165, 1.54) is 16.7 Å². The summed E-state index contributed by atoms with van der Waals surface area (Å²) >= 11 is 0. The molecule has 1 aliphatic rings. The van der Waals surface area contributed by atoms with Crippen LogP contribution in [-0.2, 0) is 13.0 Å². The van der Waals surface area contributed by atoms with Gasteiger partial charge < -0.3 is 4.90 Å². The zero-order chi connectivity index (χ0) is 15.4. The summed E-state index contributed by atoms with van der Waals surface area (Å²) in [6, 6.07) is 12.9. The summed E-state index contributed by atoms with van der Waals surface area (Å²) in [5.74, 6) is 0. The number of hydrogen-bond donors (Lipinski definition) is 0. The molecule has 2 heterocycles. The SMILES string of the molecule is CCc1ccccc1-c1ccc(CN2CCN(C)CC2)cn1. The average molecular weight is 295 g/mol. The van der Waals surface area contributed by atoms with Gasteiger partial charge in [-0.3, -0.25) is 9.88 Å². The quantitative estimate of drug-likeness (QED) is 0.864. The number of rotatable bonds is 4. The lowest BCUT2D eigenvalue weighted by molar-refractivity contribution is 0.148. The van der Waals surface area contributed by atoms with Gasteiger partial charge in [-0.2, -0.15) is 0 Å². The van der Waals surface area contributed by atoms with Crippen LogP contribution in [0.15, 0.2) is 42.6 Å². The maximum atomic E-state index is 4.70. The van der Waals surface area contributed by atoms with Crippen molar-refractivity contribution in [3.8, 4) is 11.3 Å². The molecule has 3 heteroatoms. The standard InChI is InChI=1S/C19H25N3/c1-3-17-6-4-5-7-18(17)19-9-8-16(14-20-19)15-22-12-10-21(2)11-13-22/h4-9,14H,3,10-13,15H2,1-2H3. The second kappa shape index (κ2) is 7.03. The Kier molecular flexibility index (Phi) is 4.86. The molecule has 0 saturated carbocycles. The number of likely N-dealkylation sites (N-methyl/N-ethyl adjacent to an activating group) is 1. The fourth-order valence-electron chi connectivity index (χ4n) is 3.02. The second-order valence-electron chi connectivity index (χ2n) is 6.14. The van der Waals surface area contributed by atoms with Gasteiger partial charge in [0.05, 0.1) is 5.69 Å². The van der Waals surface area contributed by atoms with E-state index in [2.05, 4.69) is 60.2 Å². The van der Waals surface area contributed by atoms with Crippen molar-refractivity contribution < 1.29 is 0 Å². The predicted octanol–water partition coefficient (Wildman–Crippen LogP) is 3.06. The monoisotopic (exact) mass is 295 g/mol. The number of benzene rings is 1. The predicted molar refractivity (Wildman–Crippen MR) is 91.8 cm³/mol. The van der Waals surface area contributed by atoms with Crippen LogP contribution in [0, 0.1) is 0 Å². The molecule has 0 aliphatic carbocycles. The summed E-state index contributed by atoms with van der Waals surface area (Å²) < 4.78 is 0. The zero-order valence-electron chi connectivity index (χ0n) is 13.6. The molecule has 3 nitrogen and oxygen atoms in total. The van der Waals surface area contributed by atoms with Gasteiger partial charge >= 0.3 is 0 Å². The summed E-state index contributed by atoms with van der Waals surface area (Å²) in [5.41, 5.74) is 5.01. The number of hydrogen-bond acceptors (Lipinski definition) is 3. The first kappa shape index (κ1) is 15.2. The van der Waals surface area contributed by atoms with Crippen molar-refractivity contribution in [3.63, 3.8) is 0 Å². The van der Waals surface area contributed by atoms with Gasteiger partial charge in [-0.15, -0.1) is 0 Å². The third-order valence-corrected chi connectivity index (χ3v) is 4.50. The lowest BCUT2D eigenvalue weighted by Gasteiger charge is -2.32. The molecule has 0 amide bonds. The summed E-state index contributed by atoms with van der Waals surface area (Å²) in [5, 5.41) is 0. The fourth-order valence-corrected chi connectivity index (χ4v) is 3.02. The molecule has 1 aliphatic heterocycles. The van der Waals surface area contributed by atoms with Crippen LogP contribution in [0.3, 0.4) is 0 Å². The first-order chi connectivity index (χ1) is 10.8. The van der Waals surface area contributed by atoms with Gasteiger partial charge in [-0.05, 0) is 30.7 Å². The van der Waals surface area contributed by atoms with Crippen molar-refractivity contribution in [1.82, 2.24) is 14.8 Å². The van der Waals surface area contributed by atoms with Gasteiger partial charge in [0, 0.05) is 44.5 Å². The summed E-state index contributed by atoms with van der Waals surface area (Å²) in [4.78, 5) is 9.60. The van der Waals surface area contributed by atoms with Crippen molar-refractivity contribution in [2.75, 3.05) is 33.2 Å². The van der Waals surface area contributed by atoms with E-state index in [0.29, 0.717) is 0 Å². The highest BCUT2D eigenvalue weighted by Crippen LogP contribution is 2.22. The lowest BCUT2D eigenvalue weighted by atomic mass is 10.0.